The summed E-state index contributed by atoms with van der Waals surface area (Å²) in [6.45, 7) is 7.91. The highest BCUT2D eigenvalue weighted by Crippen LogP contribution is 2.16. The summed E-state index contributed by atoms with van der Waals surface area (Å²) in [6, 6.07) is 12.4. The van der Waals surface area contributed by atoms with Crippen molar-refractivity contribution in [1.29, 1.82) is 0 Å². The summed E-state index contributed by atoms with van der Waals surface area (Å²) in [5.41, 5.74) is 6.54. The van der Waals surface area contributed by atoms with Gasteiger partial charge in [-0.3, -0.25) is 25.2 Å². The predicted octanol–water partition coefficient (Wildman–Crippen LogP) is 2.51. The lowest BCUT2D eigenvalue weighted by Gasteiger charge is -2.13. The molecule has 0 spiro atoms. The lowest BCUT2D eigenvalue weighted by molar-refractivity contribution is -0.123. The number of ether oxygens (including phenoxy) is 1. The molecule has 1 heterocycles. The molecule has 3 aromatic rings. The number of rotatable bonds is 6. The van der Waals surface area contributed by atoms with Crippen molar-refractivity contribution >= 4 is 22.6 Å². The summed E-state index contributed by atoms with van der Waals surface area (Å²) in [7, 11) is 0. The Morgan fingerprint density at radius 1 is 1.03 bits per heavy atom. The first-order valence-electron chi connectivity index (χ1n) is 10.0. The number of carbonyl (C=O) groups is 2. The number of hydrogen-bond donors (Lipinski definition) is 2. The zero-order valence-electron chi connectivity index (χ0n) is 18.1. The Bertz CT molecular complexity index is 1160. The fourth-order valence-corrected chi connectivity index (χ4v) is 3.26. The van der Waals surface area contributed by atoms with Crippen molar-refractivity contribution in [2.24, 2.45) is 5.92 Å². The van der Waals surface area contributed by atoms with E-state index in [1.165, 1.54) is 4.68 Å². The lowest BCUT2D eigenvalue weighted by Crippen LogP contribution is -2.44. The normalized spacial score (nSPS) is 10.9. The number of nitrogens with one attached hydrogen (secondary N) is 2. The van der Waals surface area contributed by atoms with E-state index in [1.54, 1.807) is 24.3 Å². The minimum absolute atomic E-state index is 0.0615. The van der Waals surface area contributed by atoms with E-state index < -0.39 is 11.8 Å². The van der Waals surface area contributed by atoms with E-state index >= 15 is 0 Å². The van der Waals surface area contributed by atoms with Crippen LogP contribution in [0.1, 0.15) is 35.5 Å². The zero-order valence-corrected chi connectivity index (χ0v) is 18.1. The van der Waals surface area contributed by atoms with Crippen molar-refractivity contribution < 1.29 is 14.3 Å². The Kier molecular flexibility index (Phi) is 6.69. The van der Waals surface area contributed by atoms with Crippen molar-refractivity contribution in [3.05, 3.63) is 69.6 Å². The average Bonchev–Trinajstić information content (AvgIpc) is 2.71. The molecule has 2 amide bonds. The zero-order chi connectivity index (χ0) is 22.5. The smallest absolute Gasteiger partial charge is 0.290 e. The molecular weight excluding hydrogens is 396 g/mol. The summed E-state index contributed by atoms with van der Waals surface area (Å²) < 4.78 is 6.78. The SMILES string of the molecule is Cc1cc(C)cc(OCC(=O)NNC(=O)c2nn(CC(C)C)c(=O)c3ccccc23)c1. The minimum atomic E-state index is -0.617. The third-order valence-electron chi connectivity index (χ3n) is 4.50. The van der Waals surface area contributed by atoms with Crippen molar-refractivity contribution in [3.63, 3.8) is 0 Å². The van der Waals surface area contributed by atoms with Crippen LogP contribution >= 0.6 is 0 Å². The second kappa shape index (κ2) is 9.42. The first-order valence-corrected chi connectivity index (χ1v) is 10.0. The van der Waals surface area contributed by atoms with Crippen molar-refractivity contribution in [2.75, 3.05) is 6.61 Å². The quantitative estimate of drug-likeness (QED) is 0.594. The van der Waals surface area contributed by atoms with E-state index in [9.17, 15) is 14.4 Å². The van der Waals surface area contributed by atoms with Crippen LogP contribution in [0.5, 0.6) is 5.75 Å². The minimum Gasteiger partial charge on any atom is -0.484 e. The summed E-state index contributed by atoms with van der Waals surface area (Å²) >= 11 is 0. The molecule has 0 atom stereocenters. The number of hydrogen-bond acceptors (Lipinski definition) is 5. The second-order valence-corrected chi connectivity index (χ2v) is 7.89. The van der Waals surface area contributed by atoms with Gasteiger partial charge in [-0.15, -0.1) is 0 Å². The van der Waals surface area contributed by atoms with Gasteiger partial charge in [0, 0.05) is 11.9 Å². The van der Waals surface area contributed by atoms with Crippen molar-refractivity contribution in [2.45, 2.75) is 34.2 Å². The van der Waals surface area contributed by atoms with Gasteiger partial charge in [0.25, 0.3) is 17.4 Å². The molecule has 0 saturated carbocycles. The molecule has 1 aromatic heterocycles. The molecule has 0 fully saturated rings. The maximum Gasteiger partial charge on any atom is 0.290 e. The van der Waals surface area contributed by atoms with E-state index in [0.717, 1.165) is 11.1 Å². The molecule has 2 N–H and O–H groups in total. The van der Waals surface area contributed by atoms with Gasteiger partial charge in [-0.05, 0) is 49.1 Å². The Morgan fingerprint density at radius 3 is 2.32 bits per heavy atom. The van der Waals surface area contributed by atoms with Gasteiger partial charge in [-0.2, -0.15) is 5.10 Å². The van der Waals surface area contributed by atoms with E-state index in [4.69, 9.17) is 4.74 Å². The first kappa shape index (κ1) is 22.0. The molecule has 0 aliphatic heterocycles. The molecule has 0 aliphatic carbocycles. The van der Waals surface area contributed by atoms with Crippen molar-refractivity contribution in [1.82, 2.24) is 20.6 Å². The maximum atomic E-state index is 12.7. The van der Waals surface area contributed by atoms with Crippen LogP contribution in [0.4, 0.5) is 0 Å². The van der Waals surface area contributed by atoms with Crippen LogP contribution in [0, 0.1) is 19.8 Å². The van der Waals surface area contributed by atoms with Gasteiger partial charge in [0.2, 0.25) is 0 Å². The van der Waals surface area contributed by atoms with E-state index in [0.29, 0.717) is 23.1 Å². The number of hydrazine groups is 1. The molecule has 0 aliphatic rings. The number of aromatic nitrogens is 2. The van der Waals surface area contributed by atoms with Crippen LogP contribution in [0.25, 0.3) is 10.8 Å². The van der Waals surface area contributed by atoms with E-state index in [-0.39, 0.29) is 23.8 Å². The Balaban J connectivity index is 1.72. The highest BCUT2D eigenvalue weighted by molar-refractivity contribution is 6.05. The number of fused-ring (bicyclic) bond motifs is 1. The van der Waals surface area contributed by atoms with Crippen molar-refractivity contribution in [3.8, 4) is 5.75 Å². The van der Waals surface area contributed by atoms with Crippen LogP contribution in [0.2, 0.25) is 0 Å². The second-order valence-electron chi connectivity index (χ2n) is 7.89. The summed E-state index contributed by atoms with van der Waals surface area (Å²) in [5, 5.41) is 5.06. The topological polar surface area (TPSA) is 102 Å². The molecule has 0 bridgehead atoms. The fraction of sp³-hybridized carbons (Fsp3) is 0.304. The molecular formula is C23H26N4O4. The van der Waals surface area contributed by atoms with Gasteiger partial charge in [-0.1, -0.05) is 38.1 Å². The number of aryl methyl sites for hydroxylation is 2. The lowest BCUT2D eigenvalue weighted by atomic mass is 10.1. The van der Waals surface area contributed by atoms with Gasteiger partial charge in [0.05, 0.1) is 5.39 Å². The first-order chi connectivity index (χ1) is 14.7. The van der Waals surface area contributed by atoms with Gasteiger partial charge < -0.3 is 4.74 Å². The number of benzene rings is 2. The Morgan fingerprint density at radius 2 is 1.68 bits per heavy atom. The maximum absolute atomic E-state index is 12.7. The van der Waals surface area contributed by atoms with E-state index in [2.05, 4.69) is 16.0 Å². The molecule has 2 aromatic carbocycles. The third kappa shape index (κ3) is 5.48. The van der Waals surface area contributed by atoms with Crippen LogP contribution < -0.4 is 21.1 Å². The summed E-state index contributed by atoms with van der Waals surface area (Å²) in [5.74, 6) is -0.391. The highest BCUT2D eigenvalue weighted by atomic mass is 16.5. The summed E-state index contributed by atoms with van der Waals surface area (Å²) in [6.07, 6.45) is 0. The van der Waals surface area contributed by atoms with E-state index in [1.807, 2.05) is 45.9 Å². The Hall–Kier alpha value is -3.68. The molecule has 8 nitrogen and oxygen atoms in total. The van der Waals surface area contributed by atoms with Gasteiger partial charge in [0.1, 0.15) is 5.75 Å². The predicted molar refractivity (Wildman–Crippen MR) is 118 cm³/mol. The van der Waals surface area contributed by atoms with Crippen LogP contribution in [0.15, 0.2) is 47.3 Å². The molecule has 162 valence electrons. The number of carbonyl (C=O) groups excluding carboxylic acids is 2. The van der Waals surface area contributed by atoms with Gasteiger partial charge >= 0.3 is 0 Å². The molecule has 0 unspecified atom stereocenters. The largest absolute Gasteiger partial charge is 0.484 e. The molecule has 0 saturated heterocycles. The number of nitrogens with zero attached hydrogens (tertiary/aromatic N) is 2. The van der Waals surface area contributed by atoms with Crippen LogP contribution in [0.3, 0.4) is 0 Å². The molecule has 8 heteroatoms. The fourth-order valence-electron chi connectivity index (χ4n) is 3.26. The molecule has 31 heavy (non-hydrogen) atoms. The molecule has 0 radical (unpaired) electrons. The highest BCUT2D eigenvalue weighted by Gasteiger charge is 2.17. The monoisotopic (exact) mass is 422 g/mol. The average molecular weight is 422 g/mol. The van der Waals surface area contributed by atoms with Crippen LogP contribution in [-0.4, -0.2) is 28.2 Å². The van der Waals surface area contributed by atoms with Crippen LogP contribution in [-0.2, 0) is 11.3 Å². The standard InChI is InChI=1S/C23H26N4O4/c1-14(2)12-27-23(30)19-8-6-5-7-18(19)21(26-27)22(29)25-24-20(28)13-31-17-10-15(3)9-16(4)11-17/h5-11,14H,12-13H2,1-4H3,(H,24,28)(H,25,29). The number of amides is 2. The van der Waals surface area contributed by atoms with Gasteiger partial charge in [0.15, 0.2) is 12.3 Å². The Labute approximate surface area is 180 Å². The molecule has 3 rings (SSSR count). The summed E-state index contributed by atoms with van der Waals surface area (Å²) in [4.78, 5) is 37.5. The third-order valence-corrected chi connectivity index (χ3v) is 4.50. The van der Waals surface area contributed by atoms with Gasteiger partial charge in [-0.25, -0.2) is 4.68 Å².